The molecule has 0 bridgehead atoms. The monoisotopic (exact) mass is 235 g/mol. The molecule has 1 heterocycles. The maximum absolute atomic E-state index is 11.7. The molecule has 0 aromatic carbocycles. The van der Waals surface area contributed by atoms with E-state index in [2.05, 4.69) is 17.2 Å². The summed E-state index contributed by atoms with van der Waals surface area (Å²) in [5.74, 6) is 0.453. The molecule has 0 saturated heterocycles. The lowest BCUT2D eigenvalue weighted by atomic mass is 10.1. The number of nitrogens with zero attached hydrogens (tertiary/aromatic N) is 1. The number of amides is 1. The zero-order valence-electron chi connectivity index (χ0n) is 10.5. The van der Waals surface area contributed by atoms with Crippen molar-refractivity contribution in [3.63, 3.8) is 0 Å². The molecule has 0 fully saturated rings. The van der Waals surface area contributed by atoms with E-state index in [1.807, 2.05) is 25.1 Å². The van der Waals surface area contributed by atoms with Gasteiger partial charge in [0.05, 0.1) is 11.7 Å². The van der Waals surface area contributed by atoms with E-state index in [0.29, 0.717) is 18.9 Å². The molecule has 1 rings (SSSR count). The van der Waals surface area contributed by atoms with Gasteiger partial charge in [-0.05, 0) is 37.9 Å². The predicted octanol–water partition coefficient (Wildman–Crippen LogP) is 1.63. The van der Waals surface area contributed by atoms with Crippen LogP contribution in [-0.2, 0) is 4.79 Å². The molecule has 0 radical (unpaired) electrons. The van der Waals surface area contributed by atoms with E-state index in [4.69, 9.17) is 5.73 Å². The van der Waals surface area contributed by atoms with Crippen molar-refractivity contribution < 1.29 is 4.79 Å². The second kappa shape index (κ2) is 7.01. The third-order valence-corrected chi connectivity index (χ3v) is 2.78. The summed E-state index contributed by atoms with van der Waals surface area (Å²) in [5, 5.41) is 2.93. The van der Waals surface area contributed by atoms with Crippen LogP contribution in [0.3, 0.4) is 0 Å². The third kappa shape index (κ3) is 4.95. The number of aromatic nitrogens is 1. The first-order valence-corrected chi connectivity index (χ1v) is 6.03. The van der Waals surface area contributed by atoms with Crippen molar-refractivity contribution in [2.45, 2.75) is 32.7 Å². The largest absolute Gasteiger partial charge is 0.348 e. The van der Waals surface area contributed by atoms with Gasteiger partial charge in [-0.25, -0.2) is 0 Å². The molecule has 94 valence electrons. The Bertz CT molecular complexity index is 340. The number of carbonyl (C=O) groups is 1. The first-order chi connectivity index (χ1) is 8.13. The minimum Gasteiger partial charge on any atom is -0.348 e. The summed E-state index contributed by atoms with van der Waals surface area (Å²) in [6.45, 7) is 4.62. The highest BCUT2D eigenvalue weighted by Crippen LogP contribution is 2.09. The molecule has 4 nitrogen and oxygen atoms in total. The summed E-state index contributed by atoms with van der Waals surface area (Å²) in [6, 6.07) is 5.65. The van der Waals surface area contributed by atoms with Crippen molar-refractivity contribution in [1.29, 1.82) is 0 Å². The lowest BCUT2D eigenvalue weighted by Gasteiger charge is -2.14. The molecule has 17 heavy (non-hydrogen) atoms. The first-order valence-electron chi connectivity index (χ1n) is 6.03. The fourth-order valence-electron chi connectivity index (χ4n) is 1.52. The summed E-state index contributed by atoms with van der Waals surface area (Å²) in [4.78, 5) is 15.9. The third-order valence-electron chi connectivity index (χ3n) is 2.78. The molecule has 1 aromatic rings. The van der Waals surface area contributed by atoms with E-state index < -0.39 is 0 Å². The summed E-state index contributed by atoms with van der Waals surface area (Å²) >= 11 is 0. The Hall–Kier alpha value is -1.42. The highest BCUT2D eigenvalue weighted by molar-refractivity contribution is 5.76. The topological polar surface area (TPSA) is 68.0 Å². The van der Waals surface area contributed by atoms with Crippen LogP contribution in [0.25, 0.3) is 0 Å². The molecule has 0 aliphatic heterocycles. The number of pyridine rings is 1. The average Bonchev–Trinajstić information content (AvgIpc) is 2.36. The Kier molecular flexibility index (Phi) is 5.63. The summed E-state index contributed by atoms with van der Waals surface area (Å²) in [6.07, 6.45) is 3.08. The predicted molar refractivity (Wildman–Crippen MR) is 68.2 cm³/mol. The van der Waals surface area contributed by atoms with Gasteiger partial charge in [0.15, 0.2) is 0 Å². The van der Waals surface area contributed by atoms with E-state index in [1.54, 1.807) is 6.20 Å². The normalized spacial score (nSPS) is 14.1. The number of hydrogen-bond donors (Lipinski definition) is 2. The lowest BCUT2D eigenvalue weighted by Crippen LogP contribution is -2.27. The van der Waals surface area contributed by atoms with Crippen LogP contribution in [0.4, 0.5) is 0 Å². The van der Waals surface area contributed by atoms with E-state index >= 15 is 0 Å². The van der Waals surface area contributed by atoms with Crippen LogP contribution < -0.4 is 11.1 Å². The van der Waals surface area contributed by atoms with Gasteiger partial charge in [0.2, 0.25) is 5.91 Å². The molecule has 1 aromatic heterocycles. The maximum Gasteiger partial charge on any atom is 0.220 e. The number of hydrogen-bond acceptors (Lipinski definition) is 3. The zero-order valence-corrected chi connectivity index (χ0v) is 10.5. The van der Waals surface area contributed by atoms with Gasteiger partial charge in [-0.15, -0.1) is 0 Å². The number of nitrogens with one attached hydrogen (secondary N) is 1. The molecular formula is C13H21N3O. The SMILES string of the molecule is CC(CN)CCC(=O)N[C@@H](C)c1ccccn1. The molecule has 4 heteroatoms. The number of nitrogens with two attached hydrogens (primary N) is 1. The second-order valence-electron chi connectivity index (χ2n) is 4.42. The van der Waals surface area contributed by atoms with Crippen LogP contribution in [-0.4, -0.2) is 17.4 Å². The van der Waals surface area contributed by atoms with Crippen LogP contribution in [0.15, 0.2) is 24.4 Å². The quantitative estimate of drug-likeness (QED) is 0.787. The van der Waals surface area contributed by atoms with Crippen LogP contribution >= 0.6 is 0 Å². The first kappa shape index (κ1) is 13.6. The van der Waals surface area contributed by atoms with E-state index in [-0.39, 0.29) is 11.9 Å². The van der Waals surface area contributed by atoms with Gasteiger partial charge in [-0.1, -0.05) is 13.0 Å². The fourth-order valence-corrected chi connectivity index (χ4v) is 1.52. The Morgan fingerprint density at radius 1 is 1.47 bits per heavy atom. The molecule has 3 N–H and O–H groups in total. The molecule has 1 amide bonds. The van der Waals surface area contributed by atoms with Gasteiger partial charge >= 0.3 is 0 Å². The Morgan fingerprint density at radius 2 is 2.24 bits per heavy atom. The number of carbonyl (C=O) groups excluding carboxylic acids is 1. The van der Waals surface area contributed by atoms with Crippen LogP contribution in [0.1, 0.15) is 38.4 Å². The van der Waals surface area contributed by atoms with Crippen molar-refractivity contribution in [1.82, 2.24) is 10.3 Å². The van der Waals surface area contributed by atoms with E-state index in [9.17, 15) is 4.79 Å². The average molecular weight is 235 g/mol. The van der Waals surface area contributed by atoms with Gasteiger partial charge in [-0.3, -0.25) is 9.78 Å². The molecule has 0 saturated carbocycles. The van der Waals surface area contributed by atoms with Crippen molar-refractivity contribution in [3.8, 4) is 0 Å². The van der Waals surface area contributed by atoms with Gasteiger partial charge in [0.1, 0.15) is 0 Å². The molecule has 0 spiro atoms. The van der Waals surface area contributed by atoms with Gasteiger partial charge in [0.25, 0.3) is 0 Å². The molecule has 2 atom stereocenters. The fraction of sp³-hybridized carbons (Fsp3) is 0.538. The van der Waals surface area contributed by atoms with Gasteiger partial charge in [0, 0.05) is 12.6 Å². The smallest absolute Gasteiger partial charge is 0.220 e. The van der Waals surface area contributed by atoms with Crippen molar-refractivity contribution >= 4 is 5.91 Å². The minimum atomic E-state index is -0.0446. The summed E-state index contributed by atoms with van der Waals surface area (Å²) in [5.41, 5.74) is 6.39. The summed E-state index contributed by atoms with van der Waals surface area (Å²) < 4.78 is 0. The maximum atomic E-state index is 11.7. The van der Waals surface area contributed by atoms with Crippen molar-refractivity contribution in [3.05, 3.63) is 30.1 Å². The zero-order chi connectivity index (χ0) is 12.7. The summed E-state index contributed by atoms with van der Waals surface area (Å²) in [7, 11) is 0. The number of rotatable bonds is 6. The van der Waals surface area contributed by atoms with Crippen LogP contribution in [0, 0.1) is 5.92 Å². The standard InChI is InChI=1S/C13H21N3O/c1-10(9-14)6-7-13(17)16-11(2)12-5-3-4-8-15-12/h3-5,8,10-11H,6-7,9,14H2,1-2H3,(H,16,17)/t10?,11-/m0/s1. The Morgan fingerprint density at radius 3 is 2.82 bits per heavy atom. The van der Waals surface area contributed by atoms with Crippen LogP contribution in [0.2, 0.25) is 0 Å². The molecular weight excluding hydrogens is 214 g/mol. The van der Waals surface area contributed by atoms with Gasteiger partial charge in [-0.2, -0.15) is 0 Å². The highest BCUT2D eigenvalue weighted by atomic mass is 16.1. The van der Waals surface area contributed by atoms with Crippen molar-refractivity contribution in [2.24, 2.45) is 11.7 Å². The molecule has 1 unspecified atom stereocenters. The molecule has 0 aliphatic rings. The molecule has 0 aliphatic carbocycles. The van der Waals surface area contributed by atoms with Crippen molar-refractivity contribution in [2.75, 3.05) is 6.54 Å². The Balaban J connectivity index is 2.36. The van der Waals surface area contributed by atoms with Gasteiger partial charge < -0.3 is 11.1 Å². The highest BCUT2D eigenvalue weighted by Gasteiger charge is 2.11. The lowest BCUT2D eigenvalue weighted by molar-refractivity contribution is -0.122. The Labute approximate surface area is 103 Å². The minimum absolute atomic E-state index is 0.0446. The van der Waals surface area contributed by atoms with Crippen LogP contribution in [0.5, 0.6) is 0 Å². The van der Waals surface area contributed by atoms with E-state index in [1.165, 1.54) is 0 Å². The second-order valence-corrected chi connectivity index (χ2v) is 4.42. The van der Waals surface area contributed by atoms with E-state index in [0.717, 1.165) is 12.1 Å².